The van der Waals surface area contributed by atoms with Crippen LogP contribution in [0.1, 0.15) is 37.3 Å². The van der Waals surface area contributed by atoms with Crippen molar-refractivity contribution in [1.82, 2.24) is 10.0 Å². The molecular weight excluding hydrogens is 349 g/mol. The summed E-state index contributed by atoms with van der Waals surface area (Å²) in [6.45, 7) is 2.41. The third-order valence-corrected chi connectivity index (χ3v) is 6.04. The van der Waals surface area contributed by atoms with Gasteiger partial charge in [-0.1, -0.05) is 13.3 Å². The molecule has 2 aliphatic rings. The molecule has 0 bridgehead atoms. The lowest BCUT2D eigenvalue weighted by Crippen LogP contribution is -2.36. The van der Waals surface area contributed by atoms with Crippen LogP contribution in [0.5, 0.6) is 5.75 Å². The van der Waals surface area contributed by atoms with Crippen LogP contribution in [0.3, 0.4) is 0 Å². The molecule has 0 radical (unpaired) electrons. The molecule has 7 nitrogen and oxygen atoms in total. The van der Waals surface area contributed by atoms with Crippen LogP contribution in [-0.4, -0.2) is 38.6 Å². The summed E-state index contributed by atoms with van der Waals surface area (Å²) in [5, 5.41) is 13.6. The normalized spacial score (nSPS) is 21.9. The molecule has 25 heavy (non-hydrogen) atoms. The number of phenolic OH excluding ortho intramolecular Hbond substituents is 1. The van der Waals surface area contributed by atoms with Gasteiger partial charge in [-0.2, -0.15) is 8.42 Å². The molecule has 1 aliphatic heterocycles. The average Bonchev–Trinajstić information content (AvgIpc) is 2.81. The molecule has 0 spiro atoms. The van der Waals surface area contributed by atoms with Gasteiger partial charge in [0.05, 0.1) is 0 Å². The van der Waals surface area contributed by atoms with E-state index in [2.05, 4.69) is 12.2 Å². The van der Waals surface area contributed by atoms with Crippen molar-refractivity contribution in [3.05, 3.63) is 23.0 Å². The van der Waals surface area contributed by atoms with Gasteiger partial charge in [-0.25, -0.2) is 13.4 Å². The van der Waals surface area contributed by atoms with Crippen molar-refractivity contribution < 1.29 is 22.7 Å². The number of nitrogens with one attached hydrogen (secondary N) is 2. The maximum Gasteiger partial charge on any atom is 0.326 e. The van der Waals surface area contributed by atoms with E-state index >= 15 is 4.39 Å². The molecule has 1 atom stereocenters. The SMILES string of the molecule is CCCCNC1CCc2cc(O)c(N3CC(=O)NS3(=O)=O)c(F)c2C1. The third-order valence-electron chi connectivity index (χ3n) is 4.66. The highest BCUT2D eigenvalue weighted by atomic mass is 32.2. The molecule has 0 aromatic heterocycles. The first-order chi connectivity index (χ1) is 11.8. The number of fused-ring (bicyclic) bond motifs is 1. The van der Waals surface area contributed by atoms with Gasteiger partial charge in [-0.15, -0.1) is 0 Å². The number of benzene rings is 1. The number of halogens is 1. The van der Waals surface area contributed by atoms with Crippen molar-refractivity contribution in [2.45, 2.75) is 45.1 Å². The van der Waals surface area contributed by atoms with Crippen molar-refractivity contribution in [3.63, 3.8) is 0 Å². The quantitative estimate of drug-likeness (QED) is 0.670. The summed E-state index contributed by atoms with van der Waals surface area (Å²) in [4.78, 5) is 11.4. The van der Waals surface area contributed by atoms with E-state index in [1.54, 1.807) is 4.72 Å². The van der Waals surface area contributed by atoms with Crippen LogP contribution in [0.4, 0.5) is 10.1 Å². The van der Waals surface area contributed by atoms with Crippen molar-refractivity contribution in [1.29, 1.82) is 0 Å². The molecule has 1 amide bonds. The molecule has 9 heteroatoms. The van der Waals surface area contributed by atoms with Gasteiger partial charge in [0.1, 0.15) is 18.0 Å². The molecule has 1 aromatic carbocycles. The fourth-order valence-corrected chi connectivity index (χ4v) is 4.54. The zero-order valence-corrected chi connectivity index (χ0v) is 14.8. The Morgan fingerprint density at radius 1 is 1.48 bits per heavy atom. The van der Waals surface area contributed by atoms with Crippen LogP contribution < -0.4 is 14.3 Å². The van der Waals surface area contributed by atoms with Crippen molar-refractivity contribution in [2.24, 2.45) is 0 Å². The molecule has 1 saturated heterocycles. The topological polar surface area (TPSA) is 98.7 Å². The number of unbranched alkanes of at least 4 members (excludes halogenated alkanes) is 1. The summed E-state index contributed by atoms with van der Waals surface area (Å²) < 4.78 is 41.4. The van der Waals surface area contributed by atoms with E-state index in [1.165, 1.54) is 6.07 Å². The Hall–Kier alpha value is -1.87. The number of carbonyl (C=O) groups is 1. The van der Waals surface area contributed by atoms with Crippen LogP contribution in [-0.2, 0) is 27.8 Å². The summed E-state index contributed by atoms with van der Waals surface area (Å²) in [6, 6.07) is 1.52. The Morgan fingerprint density at radius 3 is 2.88 bits per heavy atom. The van der Waals surface area contributed by atoms with Gasteiger partial charge in [0.25, 0.3) is 5.91 Å². The number of carbonyl (C=O) groups excluding carboxylic acids is 1. The zero-order chi connectivity index (χ0) is 18.2. The van der Waals surface area contributed by atoms with Crippen LogP contribution in [0.2, 0.25) is 0 Å². The molecule has 138 valence electrons. The van der Waals surface area contributed by atoms with E-state index in [-0.39, 0.29) is 6.04 Å². The Labute approximate surface area is 146 Å². The van der Waals surface area contributed by atoms with E-state index in [0.29, 0.717) is 28.3 Å². The highest BCUT2D eigenvalue weighted by Gasteiger charge is 2.39. The Morgan fingerprint density at radius 2 is 2.24 bits per heavy atom. The lowest BCUT2D eigenvalue weighted by Gasteiger charge is -2.28. The van der Waals surface area contributed by atoms with E-state index in [9.17, 15) is 18.3 Å². The number of hydrogen-bond donors (Lipinski definition) is 3. The van der Waals surface area contributed by atoms with Gasteiger partial charge >= 0.3 is 10.2 Å². The Kier molecular flexibility index (Phi) is 4.88. The fraction of sp³-hybridized carbons (Fsp3) is 0.562. The minimum absolute atomic E-state index is 0.112. The molecular formula is C16H22FN3O4S. The molecule has 1 aliphatic carbocycles. The second-order valence-electron chi connectivity index (χ2n) is 6.48. The minimum Gasteiger partial charge on any atom is -0.506 e. The van der Waals surface area contributed by atoms with Gasteiger partial charge in [0.2, 0.25) is 0 Å². The van der Waals surface area contributed by atoms with Crippen LogP contribution in [0, 0.1) is 5.82 Å². The average molecular weight is 371 g/mol. The number of nitrogens with zero attached hydrogens (tertiary/aromatic N) is 1. The Balaban J connectivity index is 1.93. The molecule has 1 heterocycles. The highest BCUT2D eigenvalue weighted by molar-refractivity contribution is 7.92. The lowest BCUT2D eigenvalue weighted by atomic mass is 9.87. The van der Waals surface area contributed by atoms with Crippen LogP contribution >= 0.6 is 0 Å². The first-order valence-electron chi connectivity index (χ1n) is 8.43. The number of aromatic hydroxyl groups is 1. The van der Waals surface area contributed by atoms with E-state index in [0.717, 1.165) is 25.8 Å². The van der Waals surface area contributed by atoms with Crippen molar-refractivity contribution in [3.8, 4) is 5.75 Å². The van der Waals surface area contributed by atoms with Gasteiger partial charge in [0, 0.05) is 6.04 Å². The largest absolute Gasteiger partial charge is 0.506 e. The predicted molar refractivity (Wildman–Crippen MR) is 91.2 cm³/mol. The number of hydrogen-bond acceptors (Lipinski definition) is 5. The number of phenols is 1. The number of aryl methyl sites for hydroxylation is 1. The fourth-order valence-electron chi connectivity index (χ4n) is 3.38. The second-order valence-corrected chi connectivity index (χ2v) is 8.08. The molecule has 1 aromatic rings. The summed E-state index contributed by atoms with van der Waals surface area (Å²) in [5.74, 6) is -1.98. The lowest BCUT2D eigenvalue weighted by molar-refractivity contribution is -0.117. The van der Waals surface area contributed by atoms with Crippen LogP contribution in [0.15, 0.2) is 6.07 Å². The maximum atomic E-state index is 15.1. The monoisotopic (exact) mass is 371 g/mol. The number of anilines is 1. The molecule has 1 fully saturated rings. The van der Waals surface area contributed by atoms with E-state index < -0.39 is 39.9 Å². The number of rotatable bonds is 5. The Bertz CT molecular complexity index is 797. The summed E-state index contributed by atoms with van der Waals surface area (Å²) >= 11 is 0. The van der Waals surface area contributed by atoms with Gasteiger partial charge in [-0.05, 0) is 49.4 Å². The second kappa shape index (κ2) is 6.80. The van der Waals surface area contributed by atoms with E-state index in [1.807, 2.05) is 0 Å². The summed E-state index contributed by atoms with van der Waals surface area (Å²) in [7, 11) is -4.17. The van der Waals surface area contributed by atoms with E-state index in [4.69, 9.17) is 0 Å². The third kappa shape index (κ3) is 3.43. The van der Waals surface area contributed by atoms with Crippen molar-refractivity contribution in [2.75, 3.05) is 17.4 Å². The molecule has 3 N–H and O–H groups in total. The predicted octanol–water partition coefficient (Wildman–Crippen LogP) is 0.959. The molecule has 3 rings (SSSR count). The summed E-state index contributed by atoms with van der Waals surface area (Å²) in [5.41, 5.74) is 0.636. The van der Waals surface area contributed by atoms with Gasteiger partial charge in [0.15, 0.2) is 5.82 Å². The van der Waals surface area contributed by atoms with Gasteiger partial charge in [-0.3, -0.25) is 4.79 Å². The molecule has 1 unspecified atom stereocenters. The molecule has 0 saturated carbocycles. The standard InChI is InChI=1S/C16H22FN3O4S/c1-2-3-6-18-11-5-4-10-7-13(21)16(15(17)12(10)8-11)20-9-14(22)19-25(20,23)24/h7,11,18,21H,2-6,8-9H2,1H3,(H,19,22). The minimum atomic E-state index is -4.17. The smallest absolute Gasteiger partial charge is 0.326 e. The van der Waals surface area contributed by atoms with Gasteiger partial charge < -0.3 is 10.4 Å². The van der Waals surface area contributed by atoms with Crippen molar-refractivity contribution >= 4 is 21.8 Å². The van der Waals surface area contributed by atoms with Crippen LogP contribution in [0.25, 0.3) is 0 Å². The maximum absolute atomic E-state index is 15.1. The first-order valence-corrected chi connectivity index (χ1v) is 9.87. The number of amides is 1. The first kappa shape index (κ1) is 17.9. The summed E-state index contributed by atoms with van der Waals surface area (Å²) in [6.07, 6.45) is 3.96. The zero-order valence-electron chi connectivity index (χ0n) is 14.0. The highest BCUT2D eigenvalue weighted by Crippen LogP contribution is 2.39.